The Labute approximate surface area is 106 Å². The summed E-state index contributed by atoms with van der Waals surface area (Å²) in [7, 11) is 0. The molecule has 7 heteroatoms. The summed E-state index contributed by atoms with van der Waals surface area (Å²) in [6.07, 6.45) is 4.51. The lowest BCUT2D eigenvalue weighted by Crippen LogP contribution is -2.24. The number of pyridine rings is 1. The minimum absolute atomic E-state index is 0.190. The van der Waals surface area contributed by atoms with Gasteiger partial charge in [-0.05, 0) is 35.0 Å². The van der Waals surface area contributed by atoms with E-state index in [2.05, 4.69) is 36.3 Å². The Morgan fingerprint density at radius 3 is 2.94 bits per heavy atom. The molecule has 1 N–H and O–H groups in total. The second-order valence-corrected chi connectivity index (χ2v) is 4.32. The van der Waals surface area contributed by atoms with Crippen molar-refractivity contribution in [2.24, 2.45) is 0 Å². The molecule has 0 fully saturated rings. The molecule has 2 rings (SSSR count). The number of hydrogen-bond donors (Lipinski definition) is 1. The van der Waals surface area contributed by atoms with Crippen molar-refractivity contribution in [1.82, 2.24) is 19.7 Å². The summed E-state index contributed by atoms with van der Waals surface area (Å²) in [6, 6.07) is 3.10. The number of carbonyl (C=O) groups excluding carboxylic acids is 1. The second kappa shape index (κ2) is 5.05. The van der Waals surface area contributed by atoms with Crippen LogP contribution in [0.4, 0.5) is 5.82 Å². The highest BCUT2D eigenvalue weighted by atomic mass is 79.9. The van der Waals surface area contributed by atoms with Gasteiger partial charge in [-0.3, -0.25) is 4.79 Å². The topological polar surface area (TPSA) is 72.7 Å². The molecule has 17 heavy (non-hydrogen) atoms. The molecule has 0 spiro atoms. The van der Waals surface area contributed by atoms with Crippen LogP contribution in [0.2, 0.25) is 0 Å². The molecule has 0 aromatic carbocycles. The van der Waals surface area contributed by atoms with E-state index in [1.54, 1.807) is 19.2 Å². The molecule has 88 valence electrons. The van der Waals surface area contributed by atoms with Crippen molar-refractivity contribution in [1.29, 1.82) is 0 Å². The van der Waals surface area contributed by atoms with E-state index in [9.17, 15) is 4.79 Å². The molecular weight excluding hydrogens is 286 g/mol. The maximum Gasteiger partial charge on any atom is 0.250 e. The Morgan fingerprint density at radius 1 is 1.53 bits per heavy atom. The number of amides is 1. The van der Waals surface area contributed by atoms with Crippen LogP contribution < -0.4 is 5.32 Å². The Hall–Kier alpha value is -1.76. The molecule has 0 saturated heterocycles. The summed E-state index contributed by atoms with van der Waals surface area (Å²) in [5.41, 5.74) is 0. The molecule has 6 nitrogen and oxygen atoms in total. The molecule has 0 saturated carbocycles. The lowest BCUT2D eigenvalue weighted by atomic mass is 10.3. The van der Waals surface area contributed by atoms with Gasteiger partial charge in [0, 0.05) is 10.7 Å². The number of rotatable bonds is 3. The van der Waals surface area contributed by atoms with Crippen LogP contribution in [0.15, 0.2) is 35.5 Å². The van der Waals surface area contributed by atoms with Crippen molar-refractivity contribution in [2.75, 3.05) is 5.32 Å². The van der Waals surface area contributed by atoms with Gasteiger partial charge in [0.05, 0.1) is 0 Å². The van der Waals surface area contributed by atoms with Crippen LogP contribution in [0.3, 0.4) is 0 Å². The van der Waals surface area contributed by atoms with Crippen LogP contribution in [0.25, 0.3) is 0 Å². The minimum Gasteiger partial charge on any atom is -0.309 e. The second-order valence-electron chi connectivity index (χ2n) is 3.40. The Morgan fingerprint density at radius 2 is 2.35 bits per heavy atom. The molecule has 0 radical (unpaired) electrons. The first-order valence-corrected chi connectivity index (χ1v) is 5.72. The summed E-state index contributed by atoms with van der Waals surface area (Å²) >= 11 is 3.27. The summed E-state index contributed by atoms with van der Waals surface area (Å²) < 4.78 is 2.34. The maximum absolute atomic E-state index is 11.8. The molecule has 2 heterocycles. The fraction of sp³-hybridized carbons (Fsp3) is 0.200. The number of carbonyl (C=O) groups is 1. The highest BCUT2D eigenvalue weighted by Crippen LogP contribution is 2.12. The van der Waals surface area contributed by atoms with E-state index < -0.39 is 6.04 Å². The van der Waals surface area contributed by atoms with Gasteiger partial charge >= 0.3 is 0 Å². The Kier molecular flexibility index (Phi) is 3.48. The van der Waals surface area contributed by atoms with Crippen LogP contribution in [-0.2, 0) is 4.79 Å². The van der Waals surface area contributed by atoms with Crippen LogP contribution in [-0.4, -0.2) is 25.7 Å². The van der Waals surface area contributed by atoms with Crippen molar-refractivity contribution in [3.63, 3.8) is 0 Å². The van der Waals surface area contributed by atoms with E-state index in [-0.39, 0.29) is 5.91 Å². The van der Waals surface area contributed by atoms with E-state index in [4.69, 9.17) is 0 Å². The van der Waals surface area contributed by atoms with Crippen LogP contribution in [0.1, 0.15) is 13.0 Å². The number of nitrogens with zero attached hydrogens (tertiary/aromatic N) is 4. The minimum atomic E-state index is -0.428. The predicted octanol–water partition coefficient (Wildman–Crippen LogP) is 1.64. The highest BCUT2D eigenvalue weighted by Gasteiger charge is 2.15. The lowest BCUT2D eigenvalue weighted by Gasteiger charge is -2.11. The third-order valence-corrected chi connectivity index (χ3v) is 2.66. The van der Waals surface area contributed by atoms with Crippen LogP contribution in [0.5, 0.6) is 0 Å². The number of aromatic nitrogens is 4. The summed E-state index contributed by atoms with van der Waals surface area (Å²) in [6.45, 7) is 1.74. The quantitative estimate of drug-likeness (QED) is 0.934. The first-order valence-electron chi connectivity index (χ1n) is 4.93. The fourth-order valence-corrected chi connectivity index (χ4v) is 1.45. The van der Waals surface area contributed by atoms with E-state index in [0.717, 1.165) is 4.47 Å². The third-order valence-electron chi connectivity index (χ3n) is 2.19. The molecule has 2 aromatic rings. The smallest absolute Gasteiger partial charge is 0.250 e. The molecule has 1 unspecified atom stereocenters. The number of anilines is 1. The summed E-state index contributed by atoms with van der Waals surface area (Å²) in [5.74, 6) is 0.315. The molecular formula is C10H10BrN5O. The first-order chi connectivity index (χ1) is 8.16. The zero-order valence-corrected chi connectivity index (χ0v) is 10.6. The SMILES string of the molecule is CC(C(=O)Nc1ccc(Br)cn1)n1cncn1. The normalized spacial score (nSPS) is 12.1. The van der Waals surface area contributed by atoms with Gasteiger partial charge in [-0.25, -0.2) is 14.6 Å². The molecule has 1 atom stereocenters. The van der Waals surface area contributed by atoms with Crippen molar-refractivity contribution in [3.8, 4) is 0 Å². The van der Waals surface area contributed by atoms with Crippen molar-refractivity contribution in [2.45, 2.75) is 13.0 Å². The molecule has 0 bridgehead atoms. The monoisotopic (exact) mass is 295 g/mol. The molecule has 0 aliphatic carbocycles. The first kappa shape index (κ1) is 11.7. The van der Waals surface area contributed by atoms with Gasteiger partial charge < -0.3 is 5.32 Å². The summed E-state index contributed by atoms with van der Waals surface area (Å²) in [5, 5.41) is 6.61. The van der Waals surface area contributed by atoms with Gasteiger partial charge in [0.2, 0.25) is 5.91 Å². The zero-order valence-electron chi connectivity index (χ0n) is 9.04. The van der Waals surface area contributed by atoms with Gasteiger partial charge in [0.1, 0.15) is 24.5 Å². The predicted molar refractivity (Wildman–Crippen MR) is 65.3 cm³/mol. The lowest BCUT2D eigenvalue weighted by molar-refractivity contribution is -0.119. The summed E-state index contributed by atoms with van der Waals surface area (Å²) in [4.78, 5) is 19.7. The van der Waals surface area contributed by atoms with Crippen LogP contribution in [0, 0.1) is 0 Å². The van der Waals surface area contributed by atoms with Gasteiger partial charge in [0.15, 0.2) is 0 Å². The molecule has 0 aliphatic rings. The van der Waals surface area contributed by atoms with Crippen molar-refractivity contribution in [3.05, 3.63) is 35.5 Å². The standard InChI is InChI=1S/C10H10BrN5O/c1-7(16-6-12-5-14-16)10(17)15-9-3-2-8(11)4-13-9/h2-7H,1H3,(H,13,15,17). The number of nitrogens with one attached hydrogen (secondary N) is 1. The highest BCUT2D eigenvalue weighted by molar-refractivity contribution is 9.10. The molecule has 2 aromatic heterocycles. The number of hydrogen-bond acceptors (Lipinski definition) is 4. The third kappa shape index (κ3) is 2.88. The Bertz CT molecular complexity index is 496. The zero-order chi connectivity index (χ0) is 12.3. The van der Waals surface area contributed by atoms with E-state index in [1.165, 1.54) is 17.3 Å². The van der Waals surface area contributed by atoms with Crippen molar-refractivity contribution < 1.29 is 4.79 Å². The van der Waals surface area contributed by atoms with E-state index in [1.807, 2.05) is 6.07 Å². The average molecular weight is 296 g/mol. The maximum atomic E-state index is 11.8. The molecule has 0 aliphatic heterocycles. The van der Waals surface area contributed by atoms with E-state index in [0.29, 0.717) is 5.82 Å². The van der Waals surface area contributed by atoms with Gasteiger partial charge in [-0.1, -0.05) is 0 Å². The largest absolute Gasteiger partial charge is 0.309 e. The van der Waals surface area contributed by atoms with E-state index >= 15 is 0 Å². The van der Waals surface area contributed by atoms with Gasteiger partial charge in [0.25, 0.3) is 0 Å². The van der Waals surface area contributed by atoms with Crippen molar-refractivity contribution >= 4 is 27.7 Å². The average Bonchev–Trinajstić information content (AvgIpc) is 2.84. The fourth-order valence-electron chi connectivity index (χ4n) is 1.22. The molecule has 1 amide bonds. The van der Waals surface area contributed by atoms with Gasteiger partial charge in [-0.15, -0.1) is 0 Å². The number of halogens is 1. The van der Waals surface area contributed by atoms with Crippen LogP contribution >= 0.6 is 15.9 Å². The Balaban J connectivity index is 2.04. The van der Waals surface area contributed by atoms with Gasteiger partial charge in [-0.2, -0.15) is 5.10 Å².